The molecule has 1 aliphatic carbocycles. The van der Waals surface area contributed by atoms with Crippen molar-refractivity contribution >= 4 is 40.3 Å². The summed E-state index contributed by atoms with van der Waals surface area (Å²) in [5, 5.41) is 11.7. The van der Waals surface area contributed by atoms with E-state index < -0.39 is 4.92 Å². The third-order valence-corrected chi connectivity index (χ3v) is 6.87. The van der Waals surface area contributed by atoms with Crippen LogP contribution >= 0.6 is 11.8 Å². The summed E-state index contributed by atoms with van der Waals surface area (Å²) in [5.74, 6) is 0.927. The van der Waals surface area contributed by atoms with E-state index in [9.17, 15) is 14.9 Å². The van der Waals surface area contributed by atoms with Crippen molar-refractivity contribution in [1.29, 1.82) is 0 Å². The van der Waals surface area contributed by atoms with Crippen molar-refractivity contribution in [3.05, 3.63) is 81.7 Å². The van der Waals surface area contributed by atoms with E-state index >= 15 is 0 Å². The number of rotatable bonds is 5. The number of pyridine rings is 1. The quantitative estimate of drug-likeness (QED) is 0.248. The van der Waals surface area contributed by atoms with Crippen LogP contribution in [0.25, 0.3) is 17.4 Å². The smallest absolute Gasteiger partial charge is 0.270 e. The van der Waals surface area contributed by atoms with Crippen molar-refractivity contribution in [2.24, 2.45) is 4.99 Å². The number of hydrogen-bond donors (Lipinski definition) is 0. The van der Waals surface area contributed by atoms with Gasteiger partial charge >= 0.3 is 0 Å². The van der Waals surface area contributed by atoms with Gasteiger partial charge in [0.05, 0.1) is 21.7 Å². The zero-order valence-electron chi connectivity index (χ0n) is 18.3. The Kier molecular flexibility index (Phi) is 6.27. The highest BCUT2D eigenvalue weighted by Crippen LogP contribution is 2.39. The number of furan rings is 1. The first kappa shape index (κ1) is 22.1. The lowest BCUT2D eigenvalue weighted by Gasteiger charge is -2.30. The first-order chi connectivity index (χ1) is 16.6. The average Bonchev–Trinajstić information content (AvgIpc) is 3.45. The van der Waals surface area contributed by atoms with E-state index in [0.717, 1.165) is 25.7 Å². The molecule has 1 saturated carbocycles. The maximum atomic E-state index is 13.4. The molecule has 2 aliphatic rings. The monoisotopic (exact) mass is 474 g/mol. The SMILES string of the molecule is O=C1/C(=C\c2ccc(-c3cccc([N+](=O)[O-])c3)o2)SC(=Nc2cccnc2)N1C1CCCCC1. The largest absolute Gasteiger partial charge is 0.457 e. The van der Waals surface area contributed by atoms with Gasteiger partial charge in [0.15, 0.2) is 5.17 Å². The van der Waals surface area contributed by atoms with Gasteiger partial charge in [-0.3, -0.25) is 24.8 Å². The molecule has 3 heterocycles. The summed E-state index contributed by atoms with van der Waals surface area (Å²) in [4.78, 5) is 35.3. The van der Waals surface area contributed by atoms with E-state index in [4.69, 9.17) is 9.41 Å². The molecule has 172 valence electrons. The predicted molar refractivity (Wildman–Crippen MR) is 131 cm³/mol. The number of amides is 1. The minimum Gasteiger partial charge on any atom is -0.457 e. The summed E-state index contributed by atoms with van der Waals surface area (Å²) in [7, 11) is 0. The second-order valence-corrected chi connectivity index (χ2v) is 9.20. The zero-order valence-corrected chi connectivity index (χ0v) is 19.1. The number of nitro benzene ring substituents is 1. The second-order valence-electron chi connectivity index (χ2n) is 8.19. The summed E-state index contributed by atoms with van der Waals surface area (Å²) in [5.41, 5.74) is 1.30. The molecule has 2 fully saturated rings. The standard InChI is InChI=1S/C25H22N4O4S/c30-24-23(15-21-11-12-22(33-21)17-6-4-10-20(14-17)29(31)32)34-25(27-18-7-5-13-26-16-18)28(24)19-8-2-1-3-9-19/h4-7,10-16,19H,1-3,8-9H2/b23-15+,27-25?. The van der Waals surface area contributed by atoms with Gasteiger partial charge in [0.2, 0.25) is 0 Å². The molecule has 9 heteroatoms. The molecule has 2 aromatic heterocycles. The molecule has 0 N–H and O–H groups in total. The van der Waals surface area contributed by atoms with Gasteiger partial charge < -0.3 is 4.42 Å². The van der Waals surface area contributed by atoms with Crippen molar-refractivity contribution < 1.29 is 14.1 Å². The molecule has 0 unspecified atom stereocenters. The van der Waals surface area contributed by atoms with Gasteiger partial charge in [-0.15, -0.1) is 0 Å². The van der Waals surface area contributed by atoms with Crippen molar-refractivity contribution in [2.45, 2.75) is 38.1 Å². The molecule has 5 rings (SSSR count). The number of carbonyl (C=O) groups excluding carboxylic acids is 1. The fourth-order valence-electron chi connectivity index (χ4n) is 4.24. The van der Waals surface area contributed by atoms with Crippen molar-refractivity contribution in [1.82, 2.24) is 9.88 Å². The number of non-ortho nitro benzene ring substituents is 1. The molecule has 3 aromatic rings. The van der Waals surface area contributed by atoms with E-state index in [2.05, 4.69) is 4.98 Å². The van der Waals surface area contributed by atoms with Crippen LogP contribution < -0.4 is 0 Å². The minimum absolute atomic E-state index is 0.00490. The molecule has 1 aromatic carbocycles. The topological polar surface area (TPSA) is 102 Å². The molecule has 1 aliphatic heterocycles. The second kappa shape index (κ2) is 9.64. The molecular formula is C25H22N4O4S. The summed E-state index contributed by atoms with van der Waals surface area (Å²) in [6.07, 6.45) is 10.4. The van der Waals surface area contributed by atoms with Crippen LogP contribution in [0.1, 0.15) is 37.9 Å². The van der Waals surface area contributed by atoms with Crippen LogP contribution in [0.4, 0.5) is 11.4 Å². The molecular weight excluding hydrogens is 452 g/mol. The van der Waals surface area contributed by atoms with Crippen LogP contribution in [0.2, 0.25) is 0 Å². The highest BCUT2D eigenvalue weighted by atomic mass is 32.2. The average molecular weight is 475 g/mol. The molecule has 0 atom stereocenters. The molecule has 34 heavy (non-hydrogen) atoms. The van der Waals surface area contributed by atoms with Crippen LogP contribution in [0, 0.1) is 10.1 Å². The number of amidine groups is 1. The van der Waals surface area contributed by atoms with Gasteiger partial charge in [-0.25, -0.2) is 4.99 Å². The van der Waals surface area contributed by atoms with Crippen molar-refractivity contribution in [3.8, 4) is 11.3 Å². The van der Waals surface area contributed by atoms with Crippen LogP contribution in [0.5, 0.6) is 0 Å². The maximum absolute atomic E-state index is 13.4. The third kappa shape index (κ3) is 4.65. The van der Waals surface area contributed by atoms with E-state index in [-0.39, 0.29) is 17.6 Å². The first-order valence-electron chi connectivity index (χ1n) is 11.1. The number of nitro groups is 1. The number of nitrogens with zero attached hydrogens (tertiary/aromatic N) is 4. The van der Waals surface area contributed by atoms with Gasteiger partial charge in [-0.05, 0) is 48.9 Å². The van der Waals surface area contributed by atoms with E-state index in [1.807, 2.05) is 17.0 Å². The summed E-state index contributed by atoms with van der Waals surface area (Å²) in [6.45, 7) is 0. The van der Waals surface area contributed by atoms with Crippen molar-refractivity contribution in [3.63, 3.8) is 0 Å². The van der Waals surface area contributed by atoms with Gasteiger partial charge in [0.25, 0.3) is 11.6 Å². The lowest BCUT2D eigenvalue weighted by atomic mass is 9.94. The van der Waals surface area contributed by atoms with Crippen LogP contribution in [-0.4, -0.2) is 31.9 Å². The van der Waals surface area contributed by atoms with Crippen LogP contribution in [0.3, 0.4) is 0 Å². The van der Waals surface area contributed by atoms with Crippen molar-refractivity contribution in [2.75, 3.05) is 0 Å². The van der Waals surface area contributed by atoms with E-state index in [1.54, 1.807) is 42.7 Å². The van der Waals surface area contributed by atoms with Gasteiger partial charge in [0.1, 0.15) is 11.5 Å². The number of benzene rings is 1. The Morgan fingerprint density at radius 1 is 1.15 bits per heavy atom. The highest BCUT2D eigenvalue weighted by Gasteiger charge is 2.38. The molecule has 0 bridgehead atoms. The van der Waals surface area contributed by atoms with Gasteiger partial charge in [-0.1, -0.05) is 31.4 Å². The summed E-state index contributed by atoms with van der Waals surface area (Å²) >= 11 is 1.33. The van der Waals surface area contributed by atoms with Crippen LogP contribution in [-0.2, 0) is 4.79 Å². The van der Waals surface area contributed by atoms with Gasteiger partial charge in [-0.2, -0.15) is 0 Å². The van der Waals surface area contributed by atoms with Crippen LogP contribution in [0.15, 0.2) is 75.2 Å². The fraction of sp³-hybridized carbons (Fsp3) is 0.240. The first-order valence-corrected chi connectivity index (χ1v) is 12.0. The molecule has 8 nitrogen and oxygen atoms in total. The Morgan fingerprint density at radius 2 is 2.00 bits per heavy atom. The number of hydrogen-bond acceptors (Lipinski definition) is 7. The highest BCUT2D eigenvalue weighted by molar-refractivity contribution is 8.18. The number of thioether (sulfide) groups is 1. The third-order valence-electron chi connectivity index (χ3n) is 5.89. The summed E-state index contributed by atoms with van der Waals surface area (Å²) < 4.78 is 5.92. The maximum Gasteiger partial charge on any atom is 0.270 e. The molecule has 1 saturated heterocycles. The number of aromatic nitrogens is 1. The Bertz CT molecular complexity index is 1280. The van der Waals surface area contributed by atoms with E-state index in [0.29, 0.717) is 32.8 Å². The lowest BCUT2D eigenvalue weighted by Crippen LogP contribution is -2.40. The Balaban J connectivity index is 1.45. The summed E-state index contributed by atoms with van der Waals surface area (Å²) in [6, 6.07) is 13.6. The fourth-order valence-corrected chi connectivity index (χ4v) is 5.28. The molecule has 0 radical (unpaired) electrons. The van der Waals surface area contributed by atoms with E-state index in [1.165, 1.54) is 30.3 Å². The number of aliphatic imine (C=N–C) groups is 1. The Morgan fingerprint density at radius 3 is 2.76 bits per heavy atom. The Labute approximate surface area is 200 Å². The Hall–Kier alpha value is -3.72. The molecule has 0 spiro atoms. The number of carbonyl (C=O) groups is 1. The minimum atomic E-state index is -0.438. The normalized spacial score (nSPS) is 19.3. The molecule has 1 amide bonds. The predicted octanol–water partition coefficient (Wildman–Crippen LogP) is 6.19. The van der Waals surface area contributed by atoms with Gasteiger partial charge in [0, 0.05) is 36.0 Å². The lowest BCUT2D eigenvalue weighted by molar-refractivity contribution is -0.384. The zero-order chi connectivity index (χ0) is 23.5.